The van der Waals surface area contributed by atoms with E-state index in [0.717, 1.165) is 13.3 Å². The smallest absolute Gasteiger partial charge is 0.453 e. The van der Waals surface area contributed by atoms with Crippen LogP contribution in [0.4, 0.5) is 18.9 Å². The quantitative estimate of drug-likeness (QED) is 0.105. The van der Waals surface area contributed by atoms with Crippen LogP contribution in [0.25, 0.3) is 10.4 Å². The Bertz CT molecular complexity index is 830. The Morgan fingerprint density at radius 1 is 1.22 bits per heavy atom. The molecule has 2 unspecified atom stereocenters. The fraction of sp³-hybridized carbons (Fsp3) is 0.600. The number of hydrogen-bond acceptors (Lipinski definition) is 7. The molecule has 1 saturated heterocycles. The molecule has 0 aliphatic carbocycles. The zero-order valence-corrected chi connectivity index (χ0v) is 17.9. The molecule has 0 spiro atoms. The summed E-state index contributed by atoms with van der Waals surface area (Å²) >= 11 is 0. The summed E-state index contributed by atoms with van der Waals surface area (Å²) in [5, 5.41) is 3.64. The van der Waals surface area contributed by atoms with Crippen LogP contribution in [0.2, 0.25) is 0 Å². The minimum atomic E-state index is -4.95. The number of azide groups is 1. The Kier molecular flexibility index (Phi) is 9.30. The van der Waals surface area contributed by atoms with Crippen LogP contribution in [0.3, 0.4) is 0 Å². The first-order valence-corrected chi connectivity index (χ1v) is 10.0. The van der Waals surface area contributed by atoms with E-state index in [1.54, 1.807) is 6.07 Å². The number of carbonyl (C=O) groups excluding carboxylic acids is 1. The summed E-state index contributed by atoms with van der Waals surface area (Å²) in [6.45, 7) is 4.72. The van der Waals surface area contributed by atoms with Gasteiger partial charge in [0.05, 0.1) is 17.8 Å². The summed E-state index contributed by atoms with van der Waals surface area (Å²) in [5.41, 5.74) is 8.93. The number of benzene rings is 1. The van der Waals surface area contributed by atoms with Crippen molar-refractivity contribution in [3.05, 3.63) is 40.8 Å². The highest BCUT2D eigenvalue weighted by Gasteiger charge is 2.51. The Morgan fingerprint density at radius 3 is 2.47 bits per heavy atom. The molecule has 1 aromatic rings. The van der Waals surface area contributed by atoms with E-state index in [1.807, 2.05) is 6.92 Å². The second kappa shape index (κ2) is 11.7. The summed E-state index contributed by atoms with van der Waals surface area (Å²) in [5.74, 6) is -2.37. The van der Waals surface area contributed by atoms with E-state index in [-0.39, 0.29) is 12.3 Å². The van der Waals surface area contributed by atoms with Gasteiger partial charge in [0.25, 0.3) is 5.90 Å². The third kappa shape index (κ3) is 7.11. The highest BCUT2D eigenvalue weighted by Crippen LogP contribution is 2.32. The molecular formula is C20H25F3N4O5. The molecule has 1 heterocycles. The molecule has 12 heteroatoms. The number of halogens is 3. The number of ether oxygens (including phenoxy) is 4. The van der Waals surface area contributed by atoms with Crippen LogP contribution in [0.15, 0.2) is 40.4 Å². The Hall–Kier alpha value is -2.82. The maximum Gasteiger partial charge on any atom is 0.468 e. The molecule has 9 nitrogen and oxygen atoms in total. The largest absolute Gasteiger partial charge is 0.468 e. The number of hydrogen-bond donors (Lipinski definition) is 0. The van der Waals surface area contributed by atoms with Crippen molar-refractivity contribution in [2.45, 2.75) is 70.4 Å². The van der Waals surface area contributed by atoms with Crippen LogP contribution in [0.1, 0.15) is 33.6 Å². The van der Waals surface area contributed by atoms with E-state index < -0.39 is 48.7 Å². The Labute approximate surface area is 183 Å². The van der Waals surface area contributed by atoms with Crippen LogP contribution in [0.5, 0.6) is 0 Å². The van der Waals surface area contributed by atoms with Gasteiger partial charge >= 0.3 is 12.1 Å². The minimum Gasteiger partial charge on any atom is -0.453 e. The summed E-state index contributed by atoms with van der Waals surface area (Å²) in [6, 6.07) is 6.46. The van der Waals surface area contributed by atoms with Crippen molar-refractivity contribution in [2.75, 3.05) is 6.61 Å². The van der Waals surface area contributed by atoms with Crippen LogP contribution >= 0.6 is 0 Å². The molecule has 1 aliphatic heterocycles. The van der Waals surface area contributed by atoms with Crippen LogP contribution in [0, 0.1) is 0 Å². The second-order valence-electron chi connectivity index (χ2n) is 7.04. The van der Waals surface area contributed by atoms with E-state index in [4.69, 9.17) is 24.5 Å². The first kappa shape index (κ1) is 25.4. The van der Waals surface area contributed by atoms with Crippen LogP contribution in [-0.4, -0.2) is 55.3 Å². The topological polar surface area (TPSA) is 115 Å². The normalized spacial score (nSPS) is 26.2. The van der Waals surface area contributed by atoms with Gasteiger partial charge in [-0.25, -0.2) is 4.99 Å². The van der Waals surface area contributed by atoms with Gasteiger partial charge in [-0.2, -0.15) is 13.2 Å². The fourth-order valence-electron chi connectivity index (χ4n) is 3.06. The van der Waals surface area contributed by atoms with Crippen molar-refractivity contribution < 1.29 is 36.9 Å². The van der Waals surface area contributed by atoms with Crippen molar-refractivity contribution in [3.8, 4) is 0 Å². The van der Waals surface area contributed by atoms with E-state index >= 15 is 0 Å². The molecule has 0 N–H and O–H groups in total. The highest BCUT2D eigenvalue weighted by molar-refractivity contribution is 5.84. The Morgan fingerprint density at radius 2 is 1.91 bits per heavy atom. The van der Waals surface area contributed by atoms with Crippen molar-refractivity contribution in [3.63, 3.8) is 0 Å². The van der Waals surface area contributed by atoms with Crippen molar-refractivity contribution in [2.24, 2.45) is 10.1 Å². The molecule has 0 aromatic heterocycles. The Balaban J connectivity index is 2.41. The number of rotatable bonds is 8. The molecule has 1 aliphatic rings. The third-order valence-electron chi connectivity index (χ3n) is 4.51. The number of carbonyl (C=O) groups is 1. The van der Waals surface area contributed by atoms with Gasteiger partial charge in [-0.1, -0.05) is 36.7 Å². The van der Waals surface area contributed by atoms with Crippen molar-refractivity contribution >= 4 is 17.6 Å². The van der Waals surface area contributed by atoms with Gasteiger partial charge in [0.15, 0.2) is 6.10 Å². The lowest BCUT2D eigenvalue weighted by Gasteiger charge is -2.43. The molecule has 0 bridgehead atoms. The SMILES string of the molecule is CCCCOC1[C@H](N=[N+]=[N-])C(C)O[C@@H](OC(=Nc2ccccc2)C(F)(F)F)[C@@H]1OC(C)=O. The number of esters is 1. The monoisotopic (exact) mass is 458 g/mol. The summed E-state index contributed by atoms with van der Waals surface area (Å²) in [4.78, 5) is 18.0. The number of alkyl halides is 3. The average Bonchev–Trinajstić information content (AvgIpc) is 2.72. The van der Waals surface area contributed by atoms with E-state index in [9.17, 15) is 18.0 Å². The third-order valence-corrected chi connectivity index (χ3v) is 4.51. The van der Waals surface area contributed by atoms with Gasteiger partial charge < -0.3 is 18.9 Å². The molecule has 0 amide bonds. The summed E-state index contributed by atoms with van der Waals surface area (Å²) < 4.78 is 62.7. The number of para-hydroxylation sites is 1. The second-order valence-corrected chi connectivity index (χ2v) is 7.04. The van der Waals surface area contributed by atoms with E-state index in [0.29, 0.717) is 6.42 Å². The number of nitrogens with zero attached hydrogens (tertiary/aromatic N) is 4. The molecule has 32 heavy (non-hydrogen) atoms. The van der Waals surface area contributed by atoms with Gasteiger partial charge in [0, 0.05) is 18.4 Å². The van der Waals surface area contributed by atoms with Gasteiger partial charge in [-0.15, -0.1) is 0 Å². The first-order chi connectivity index (χ1) is 15.2. The predicted octanol–water partition coefficient (Wildman–Crippen LogP) is 4.84. The lowest BCUT2D eigenvalue weighted by atomic mass is 9.97. The zero-order chi connectivity index (χ0) is 23.7. The predicted molar refractivity (Wildman–Crippen MR) is 108 cm³/mol. The van der Waals surface area contributed by atoms with Gasteiger partial charge in [-0.05, 0) is 31.0 Å². The maximum absolute atomic E-state index is 13.7. The molecule has 1 fully saturated rings. The standard InChI is InChI=1S/C20H25F3N4O5/c1-4-5-11-29-16-15(26-27-24)12(2)30-18(17(16)31-13(3)28)32-19(20(21,22)23)25-14-9-7-6-8-10-14/h6-10,12,15-18H,4-5,11H2,1-3H3/t12?,15-,16?,17-,18+/m1/s1. The minimum absolute atomic E-state index is 0.00965. The fourth-order valence-corrected chi connectivity index (χ4v) is 3.06. The molecule has 0 saturated carbocycles. The molecule has 176 valence electrons. The molecule has 5 atom stereocenters. The van der Waals surface area contributed by atoms with Crippen molar-refractivity contribution in [1.29, 1.82) is 0 Å². The molecule has 0 radical (unpaired) electrons. The maximum atomic E-state index is 13.7. The summed E-state index contributed by atoms with van der Waals surface area (Å²) in [6.07, 6.45) is -8.64. The molecule has 1 aromatic carbocycles. The average molecular weight is 458 g/mol. The number of unbranched alkanes of at least 4 members (excludes halogenated alkanes) is 1. The zero-order valence-electron chi connectivity index (χ0n) is 17.9. The lowest BCUT2D eigenvalue weighted by molar-refractivity contribution is -0.264. The van der Waals surface area contributed by atoms with Gasteiger partial charge in [0.2, 0.25) is 6.29 Å². The first-order valence-electron chi connectivity index (χ1n) is 10.0. The molecule has 2 rings (SSSR count). The summed E-state index contributed by atoms with van der Waals surface area (Å²) in [7, 11) is 0. The number of aliphatic imine (C=N–C) groups is 1. The van der Waals surface area contributed by atoms with E-state index in [2.05, 4.69) is 15.0 Å². The highest BCUT2D eigenvalue weighted by atomic mass is 19.4. The van der Waals surface area contributed by atoms with Crippen molar-refractivity contribution in [1.82, 2.24) is 0 Å². The van der Waals surface area contributed by atoms with Crippen LogP contribution < -0.4 is 0 Å². The molecular weight excluding hydrogens is 433 g/mol. The van der Waals surface area contributed by atoms with Gasteiger partial charge in [-0.3, -0.25) is 4.79 Å². The van der Waals surface area contributed by atoms with E-state index in [1.165, 1.54) is 31.2 Å². The lowest BCUT2D eigenvalue weighted by Crippen LogP contribution is -2.59. The van der Waals surface area contributed by atoms with Gasteiger partial charge in [0.1, 0.15) is 6.10 Å². The van der Waals surface area contributed by atoms with Crippen LogP contribution in [-0.2, 0) is 23.7 Å².